The Morgan fingerprint density at radius 1 is 1.04 bits per heavy atom. The first kappa shape index (κ1) is 15.4. The number of anilines is 1. The Hall–Kier alpha value is -2.11. The van der Waals surface area contributed by atoms with Crippen molar-refractivity contribution in [1.29, 1.82) is 0 Å². The molecule has 2 aliphatic heterocycles. The highest BCUT2D eigenvalue weighted by Gasteiger charge is 2.55. The standard InChI is InChI=1S/C19H17NO3S/c1-10-7-8-12-14(9-10)24-17-15(16(12)21)18(22)20(19(17)23)13-6-4-3-5-11(13)2/h3-9,15-17,21H,1-2H3/t15-,16+,17+/m1/s1. The molecule has 122 valence electrons. The van der Waals surface area contributed by atoms with Crippen LogP contribution in [0.25, 0.3) is 0 Å². The normalized spacial score (nSPS) is 25.6. The number of aliphatic hydroxyl groups excluding tert-OH is 1. The first-order chi connectivity index (χ1) is 11.5. The molecule has 0 bridgehead atoms. The van der Waals surface area contributed by atoms with Crippen LogP contribution in [0.15, 0.2) is 47.4 Å². The largest absolute Gasteiger partial charge is 0.387 e. The molecule has 0 saturated carbocycles. The summed E-state index contributed by atoms with van der Waals surface area (Å²) in [6.45, 7) is 3.85. The van der Waals surface area contributed by atoms with Gasteiger partial charge in [0, 0.05) is 4.90 Å². The van der Waals surface area contributed by atoms with Crippen molar-refractivity contribution in [3.8, 4) is 0 Å². The molecule has 2 aromatic carbocycles. The van der Waals surface area contributed by atoms with Crippen molar-refractivity contribution < 1.29 is 14.7 Å². The summed E-state index contributed by atoms with van der Waals surface area (Å²) in [5.41, 5.74) is 3.28. The Bertz CT molecular complexity index is 863. The number of para-hydroxylation sites is 1. The smallest absolute Gasteiger partial charge is 0.248 e. The van der Waals surface area contributed by atoms with E-state index in [-0.39, 0.29) is 11.8 Å². The van der Waals surface area contributed by atoms with Crippen LogP contribution in [-0.4, -0.2) is 22.2 Å². The second kappa shape index (κ2) is 5.46. The number of imide groups is 1. The van der Waals surface area contributed by atoms with Gasteiger partial charge in [0.1, 0.15) is 5.25 Å². The molecule has 4 nitrogen and oxygen atoms in total. The summed E-state index contributed by atoms with van der Waals surface area (Å²) >= 11 is 1.39. The number of hydrogen-bond acceptors (Lipinski definition) is 4. The number of rotatable bonds is 1. The molecule has 0 aliphatic carbocycles. The van der Waals surface area contributed by atoms with E-state index in [1.165, 1.54) is 16.7 Å². The van der Waals surface area contributed by atoms with Crippen LogP contribution in [0.3, 0.4) is 0 Å². The highest BCUT2D eigenvalue weighted by molar-refractivity contribution is 8.00. The molecular weight excluding hydrogens is 322 g/mol. The van der Waals surface area contributed by atoms with E-state index in [2.05, 4.69) is 0 Å². The zero-order valence-electron chi connectivity index (χ0n) is 13.4. The maximum Gasteiger partial charge on any atom is 0.248 e. The van der Waals surface area contributed by atoms with Gasteiger partial charge >= 0.3 is 0 Å². The van der Waals surface area contributed by atoms with Crippen LogP contribution < -0.4 is 4.90 Å². The van der Waals surface area contributed by atoms with E-state index in [1.54, 1.807) is 6.07 Å². The molecule has 0 aromatic heterocycles. The van der Waals surface area contributed by atoms with Gasteiger partial charge in [0.25, 0.3) is 0 Å². The second-order valence-electron chi connectivity index (χ2n) is 6.35. The predicted molar refractivity (Wildman–Crippen MR) is 92.9 cm³/mol. The highest BCUT2D eigenvalue weighted by atomic mass is 32.2. The van der Waals surface area contributed by atoms with Crippen LogP contribution in [0, 0.1) is 19.8 Å². The molecule has 2 heterocycles. The minimum atomic E-state index is -0.947. The molecule has 1 saturated heterocycles. The van der Waals surface area contributed by atoms with Crippen molar-refractivity contribution in [2.24, 2.45) is 5.92 Å². The summed E-state index contributed by atoms with van der Waals surface area (Å²) in [6.07, 6.45) is -0.947. The number of fused-ring (bicyclic) bond motifs is 2. The minimum absolute atomic E-state index is 0.240. The van der Waals surface area contributed by atoms with Gasteiger partial charge in [0.15, 0.2) is 0 Å². The molecule has 2 aliphatic rings. The number of aliphatic hydroxyl groups is 1. The van der Waals surface area contributed by atoms with E-state index in [0.29, 0.717) is 5.69 Å². The average Bonchev–Trinajstić information content (AvgIpc) is 2.79. The van der Waals surface area contributed by atoms with E-state index in [4.69, 9.17) is 0 Å². The van der Waals surface area contributed by atoms with E-state index < -0.39 is 17.3 Å². The lowest BCUT2D eigenvalue weighted by atomic mass is 9.92. The summed E-state index contributed by atoms with van der Waals surface area (Å²) in [4.78, 5) is 28.0. The van der Waals surface area contributed by atoms with Gasteiger partial charge in [-0.15, -0.1) is 11.8 Å². The number of carbonyl (C=O) groups is 2. The van der Waals surface area contributed by atoms with Crippen molar-refractivity contribution in [3.05, 3.63) is 59.2 Å². The number of thioether (sulfide) groups is 1. The van der Waals surface area contributed by atoms with E-state index >= 15 is 0 Å². The Morgan fingerprint density at radius 2 is 1.79 bits per heavy atom. The molecule has 4 rings (SSSR count). The minimum Gasteiger partial charge on any atom is -0.387 e. The maximum absolute atomic E-state index is 12.9. The van der Waals surface area contributed by atoms with Crippen molar-refractivity contribution in [3.63, 3.8) is 0 Å². The van der Waals surface area contributed by atoms with Crippen molar-refractivity contribution in [2.45, 2.75) is 30.1 Å². The zero-order chi connectivity index (χ0) is 17.0. The number of benzene rings is 2. The van der Waals surface area contributed by atoms with Crippen molar-refractivity contribution in [2.75, 3.05) is 4.90 Å². The summed E-state index contributed by atoms with van der Waals surface area (Å²) in [6, 6.07) is 13.1. The van der Waals surface area contributed by atoms with Crippen molar-refractivity contribution >= 4 is 29.3 Å². The van der Waals surface area contributed by atoms with Crippen LogP contribution >= 0.6 is 11.8 Å². The summed E-state index contributed by atoms with van der Waals surface area (Å²) in [5, 5.41) is 10.2. The van der Waals surface area contributed by atoms with Gasteiger partial charge in [-0.1, -0.05) is 30.3 Å². The molecule has 24 heavy (non-hydrogen) atoms. The molecule has 1 fully saturated rings. The third kappa shape index (κ3) is 2.12. The van der Waals surface area contributed by atoms with Gasteiger partial charge in [-0.3, -0.25) is 9.59 Å². The monoisotopic (exact) mass is 339 g/mol. The molecule has 2 aromatic rings. The Balaban J connectivity index is 1.79. The second-order valence-corrected chi connectivity index (χ2v) is 7.53. The third-order valence-corrected chi connectivity index (χ3v) is 6.09. The van der Waals surface area contributed by atoms with Crippen LogP contribution in [0.1, 0.15) is 22.8 Å². The van der Waals surface area contributed by atoms with Gasteiger partial charge in [0.05, 0.1) is 17.7 Å². The molecule has 1 N–H and O–H groups in total. The van der Waals surface area contributed by atoms with Crippen LogP contribution in [0.4, 0.5) is 5.69 Å². The maximum atomic E-state index is 12.9. The van der Waals surface area contributed by atoms with E-state index in [9.17, 15) is 14.7 Å². The van der Waals surface area contributed by atoms with Crippen LogP contribution in [0.5, 0.6) is 0 Å². The number of amides is 2. The number of aryl methyl sites for hydroxylation is 2. The fraction of sp³-hybridized carbons (Fsp3) is 0.263. The molecule has 0 radical (unpaired) electrons. The highest BCUT2D eigenvalue weighted by Crippen LogP contribution is 2.49. The Kier molecular flexibility index (Phi) is 3.51. The Labute approximate surface area is 144 Å². The predicted octanol–water partition coefficient (Wildman–Crippen LogP) is 3.00. The molecule has 2 amide bonds. The fourth-order valence-corrected chi connectivity index (χ4v) is 4.93. The topological polar surface area (TPSA) is 57.6 Å². The molecule has 5 heteroatoms. The van der Waals surface area contributed by atoms with Gasteiger partial charge in [-0.25, -0.2) is 4.90 Å². The summed E-state index contributed by atoms with van der Waals surface area (Å²) < 4.78 is 0. The molecular formula is C19H17NO3S. The number of carbonyl (C=O) groups excluding carboxylic acids is 2. The molecule has 0 unspecified atom stereocenters. The van der Waals surface area contributed by atoms with Gasteiger partial charge in [-0.05, 0) is 42.7 Å². The summed E-state index contributed by atoms with van der Waals surface area (Å²) in [5.74, 6) is -1.28. The molecule has 0 spiro atoms. The van der Waals surface area contributed by atoms with Gasteiger partial charge in [0.2, 0.25) is 11.8 Å². The Morgan fingerprint density at radius 3 is 2.54 bits per heavy atom. The first-order valence-electron chi connectivity index (χ1n) is 7.88. The zero-order valence-corrected chi connectivity index (χ0v) is 14.2. The van der Waals surface area contributed by atoms with Crippen molar-refractivity contribution in [1.82, 2.24) is 0 Å². The quantitative estimate of drug-likeness (QED) is 0.812. The average molecular weight is 339 g/mol. The van der Waals surface area contributed by atoms with E-state index in [1.807, 2.05) is 50.2 Å². The number of hydrogen-bond donors (Lipinski definition) is 1. The lowest BCUT2D eigenvalue weighted by molar-refractivity contribution is -0.124. The number of nitrogens with zero attached hydrogens (tertiary/aromatic N) is 1. The summed E-state index contributed by atoms with van der Waals surface area (Å²) in [7, 11) is 0. The van der Waals surface area contributed by atoms with Crippen LogP contribution in [-0.2, 0) is 9.59 Å². The SMILES string of the molecule is Cc1ccc2c(c1)S[C@@H]1C(=O)N(c3ccccc3C)C(=O)[C@@H]1[C@H]2O. The lowest BCUT2D eigenvalue weighted by Crippen LogP contribution is -2.32. The van der Waals surface area contributed by atoms with Crippen LogP contribution in [0.2, 0.25) is 0 Å². The first-order valence-corrected chi connectivity index (χ1v) is 8.75. The van der Waals surface area contributed by atoms with E-state index in [0.717, 1.165) is 21.6 Å². The third-order valence-electron chi connectivity index (χ3n) is 4.73. The fourth-order valence-electron chi connectivity index (χ4n) is 3.46. The van der Waals surface area contributed by atoms with Gasteiger partial charge in [-0.2, -0.15) is 0 Å². The molecule has 3 atom stereocenters. The lowest BCUT2D eigenvalue weighted by Gasteiger charge is -2.28. The van der Waals surface area contributed by atoms with Gasteiger partial charge < -0.3 is 5.11 Å².